The lowest BCUT2D eigenvalue weighted by atomic mass is 9.82. The molecule has 9 nitrogen and oxygen atoms in total. The Morgan fingerprint density at radius 2 is 1.76 bits per heavy atom. The quantitative estimate of drug-likeness (QED) is 0.402. The minimum atomic E-state index is -4.51. The van der Waals surface area contributed by atoms with Crippen LogP contribution in [0, 0.1) is 5.92 Å². The Bertz CT molecular complexity index is 1290. The van der Waals surface area contributed by atoms with Gasteiger partial charge in [-0.3, -0.25) is 9.59 Å². The van der Waals surface area contributed by atoms with Gasteiger partial charge in [0.05, 0.1) is 23.2 Å². The van der Waals surface area contributed by atoms with Gasteiger partial charge >= 0.3 is 6.18 Å². The lowest BCUT2D eigenvalue weighted by Crippen LogP contribution is -2.60. The molecule has 2 amide bonds. The summed E-state index contributed by atoms with van der Waals surface area (Å²) < 4.78 is 40.2. The maximum Gasteiger partial charge on any atom is 0.416 e. The molecule has 3 fully saturated rings. The number of hydrogen-bond donors (Lipinski definition) is 4. The Kier molecular flexibility index (Phi) is 8.67. The van der Waals surface area contributed by atoms with Crippen molar-refractivity contribution in [3.63, 3.8) is 0 Å². The summed E-state index contributed by atoms with van der Waals surface area (Å²) in [5.41, 5.74) is 5.53. The van der Waals surface area contributed by atoms with Gasteiger partial charge in [0.15, 0.2) is 0 Å². The van der Waals surface area contributed by atoms with Crippen LogP contribution < -0.4 is 21.7 Å². The van der Waals surface area contributed by atoms with Crippen molar-refractivity contribution in [2.24, 2.45) is 11.7 Å². The molecule has 2 saturated carbocycles. The number of carbonyl (C=O) groups is 2. The molecule has 1 saturated heterocycles. The van der Waals surface area contributed by atoms with Crippen LogP contribution in [0.2, 0.25) is 0 Å². The zero-order valence-electron chi connectivity index (χ0n) is 24.5. The van der Waals surface area contributed by atoms with E-state index in [1.54, 1.807) is 0 Å². The van der Waals surface area contributed by atoms with Gasteiger partial charge in [-0.25, -0.2) is 9.97 Å². The first kappa shape index (κ1) is 30.5. The van der Waals surface area contributed by atoms with Gasteiger partial charge in [-0.05, 0) is 90.3 Å². The molecule has 230 valence electrons. The van der Waals surface area contributed by atoms with E-state index in [0.29, 0.717) is 24.9 Å². The molecule has 0 radical (unpaired) electrons. The van der Waals surface area contributed by atoms with E-state index in [1.165, 1.54) is 12.4 Å². The van der Waals surface area contributed by atoms with Crippen molar-refractivity contribution in [3.8, 4) is 0 Å². The monoisotopic (exact) mass is 589 g/mol. The van der Waals surface area contributed by atoms with Crippen molar-refractivity contribution < 1.29 is 22.8 Å². The van der Waals surface area contributed by atoms with Crippen molar-refractivity contribution in [2.75, 3.05) is 11.9 Å². The van der Waals surface area contributed by atoms with Crippen LogP contribution in [0.4, 0.5) is 19.0 Å². The summed E-state index contributed by atoms with van der Waals surface area (Å²) in [4.78, 5) is 37.2. The largest absolute Gasteiger partial charge is 0.416 e. The Balaban J connectivity index is 1.32. The van der Waals surface area contributed by atoms with Crippen LogP contribution in [0.15, 0.2) is 24.5 Å². The molecule has 12 heteroatoms. The van der Waals surface area contributed by atoms with Crippen LogP contribution in [0.1, 0.15) is 77.7 Å². The van der Waals surface area contributed by atoms with Gasteiger partial charge in [0.1, 0.15) is 18.2 Å². The summed E-state index contributed by atoms with van der Waals surface area (Å²) in [6.07, 6.45) is 2.76. The second-order valence-electron chi connectivity index (χ2n) is 13.2. The molecule has 0 bridgehead atoms. The number of likely N-dealkylation sites (tertiary alicyclic amines) is 1. The number of nitrogens with two attached hydrogens (primary N) is 1. The third-order valence-electron chi connectivity index (χ3n) is 8.84. The maximum absolute atomic E-state index is 13.7. The number of hydrogen-bond acceptors (Lipinski definition) is 7. The number of benzene rings is 1. The molecule has 0 spiro atoms. The molecule has 4 atom stereocenters. The molecule has 1 aromatic heterocycles. The fraction of sp³-hybridized carbons (Fsp3) is 0.667. The third-order valence-corrected chi connectivity index (χ3v) is 8.84. The number of rotatable bonds is 6. The Labute approximate surface area is 244 Å². The second-order valence-corrected chi connectivity index (χ2v) is 13.2. The van der Waals surface area contributed by atoms with E-state index < -0.39 is 17.8 Å². The number of anilines is 1. The highest BCUT2D eigenvalue weighted by atomic mass is 19.4. The fourth-order valence-corrected chi connectivity index (χ4v) is 6.79. The van der Waals surface area contributed by atoms with E-state index in [1.807, 2.05) is 4.90 Å². The lowest BCUT2D eigenvalue weighted by molar-refractivity contribution is -0.137. The lowest BCUT2D eigenvalue weighted by Gasteiger charge is -2.43. The minimum Gasteiger partial charge on any atom is -0.358 e. The van der Waals surface area contributed by atoms with Gasteiger partial charge in [-0.2, -0.15) is 13.2 Å². The van der Waals surface area contributed by atoms with E-state index in [2.05, 4.69) is 46.7 Å². The highest BCUT2D eigenvalue weighted by Crippen LogP contribution is 2.34. The summed E-state index contributed by atoms with van der Waals surface area (Å²) in [6, 6.07) is 2.65. The number of alkyl halides is 3. The van der Waals surface area contributed by atoms with Crippen molar-refractivity contribution in [3.05, 3.63) is 30.1 Å². The van der Waals surface area contributed by atoms with Crippen LogP contribution >= 0.6 is 0 Å². The predicted octanol–water partition coefficient (Wildman–Crippen LogP) is 3.97. The van der Waals surface area contributed by atoms with Gasteiger partial charge in [0, 0.05) is 35.5 Å². The second kappa shape index (κ2) is 11.9. The van der Waals surface area contributed by atoms with E-state index in [0.717, 1.165) is 50.7 Å². The summed E-state index contributed by atoms with van der Waals surface area (Å²) >= 11 is 0. The minimum absolute atomic E-state index is 0.0301. The highest BCUT2D eigenvalue weighted by Gasteiger charge is 2.43. The van der Waals surface area contributed by atoms with Gasteiger partial charge in [-0.15, -0.1) is 0 Å². The van der Waals surface area contributed by atoms with Gasteiger partial charge < -0.3 is 26.6 Å². The zero-order valence-corrected chi connectivity index (χ0v) is 24.5. The fourth-order valence-electron chi connectivity index (χ4n) is 6.79. The first-order valence-corrected chi connectivity index (χ1v) is 15.0. The molecule has 5 N–H and O–H groups in total. The van der Waals surface area contributed by atoms with Crippen LogP contribution in [0.5, 0.6) is 0 Å². The molecule has 5 rings (SSSR count). The Morgan fingerprint density at radius 1 is 1.02 bits per heavy atom. The van der Waals surface area contributed by atoms with Gasteiger partial charge in [0.2, 0.25) is 11.8 Å². The number of amides is 2. The first-order valence-electron chi connectivity index (χ1n) is 15.0. The Morgan fingerprint density at radius 3 is 2.45 bits per heavy atom. The molecule has 2 aliphatic carbocycles. The molecule has 1 aromatic carbocycles. The van der Waals surface area contributed by atoms with E-state index >= 15 is 0 Å². The first-order chi connectivity index (χ1) is 19.8. The molecule has 3 aliphatic rings. The summed E-state index contributed by atoms with van der Waals surface area (Å²) in [5, 5.41) is 10.3. The molecule has 0 unspecified atom stereocenters. The third kappa shape index (κ3) is 6.96. The zero-order chi connectivity index (χ0) is 30.2. The molecular formula is C30H42F3N7O2. The molecule has 2 heterocycles. The molecular weight excluding hydrogens is 547 g/mol. The SMILES string of the molecule is CC(C)(C)N[C@@H]1CC[C@H](N2CC[C@H](Nc3ncnc4ccc(C(F)(F)F)cc34)C2=O)[C@H](NC(=O)C2CCC(N)CC2)C1. The average Bonchev–Trinajstić information content (AvgIpc) is 3.27. The maximum atomic E-state index is 13.7. The standard InChI is InChI=1S/C30H42F3N7O2/c1-29(2,3)39-20-9-11-25(24(15-20)38-27(41)17-4-7-19(34)8-5-17)40-13-12-23(28(40)42)37-26-21-14-18(30(31,32)33)6-10-22(21)35-16-36-26/h6,10,14,16-17,19-20,23-25,39H,4-5,7-9,11-13,15,34H2,1-3H3,(H,38,41)(H,35,36,37)/t17?,19?,20-,23+,24-,25+/m1/s1. The van der Waals surface area contributed by atoms with Crippen LogP contribution in [0.3, 0.4) is 0 Å². The number of carbonyl (C=O) groups excluding carboxylic acids is 2. The smallest absolute Gasteiger partial charge is 0.358 e. The topological polar surface area (TPSA) is 125 Å². The number of fused-ring (bicyclic) bond motifs is 1. The highest BCUT2D eigenvalue weighted by molar-refractivity contribution is 5.93. The number of nitrogens with one attached hydrogen (secondary N) is 3. The molecule has 2 aromatic rings. The number of aromatic nitrogens is 2. The summed E-state index contributed by atoms with van der Waals surface area (Å²) in [7, 11) is 0. The molecule has 42 heavy (non-hydrogen) atoms. The van der Waals surface area contributed by atoms with Crippen molar-refractivity contribution in [1.29, 1.82) is 0 Å². The molecule has 1 aliphatic heterocycles. The average molecular weight is 590 g/mol. The summed E-state index contributed by atoms with van der Waals surface area (Å²) in [6.45, 7) is 6.84. The van der Waals surface area contributed by atoms with E-state index in [9.17, 15) is 22.8 Å². The summed E-state index contributed by atoms with van der Waals surface area (Å²) in [5.74, 6) is 0.0221. The number of halogens is 3. The van der Waals surface area contributed by atoms with Crippen LogP contribution in [-0.4, -0.2) is 69.0 Å². The van der Waals surface area contributed by atoms with Crippen molar-refractivity contribution in [2.45, 2.75) is 114 Å². The van der Waals surface area contributed by atoms with E-state index in [-0.39, 0.29) is 58.6 Å². The number of nitrogens with zero attached hydrogens (tertiary/aromatic N) is 3. The van der Waals surface area contributed by atoms with E-state index in [4.69, 9.17) is 5.73 Å². The van der Waals surface area contributed by atoms with Crippen LogP contribution in [-0.2, 0) is 15.8 Å². The van der Waals surface area contributed by atoms with Gasteiger partial charge in [-0.1, -0.05) is 0 Å². The van der Waals surface area contributed by atoms with Gasteiger partial charge in [0.25, 0.3) is 0 Å². The Hall–Kier alpha value is -2.99. The predicted molar refractivity (Wildman–Crippen MR) is 154 cm³/mol. The van der Waals surface area contributed by atoms with Crippen molar-refractivity contribution in [1.82, 2.24) is 25.5 Å². The normalized spacial score (nSPS) is 29.1. The van der Waals surface area contributed by atoms with Crippen molar-refractivity contribution >= 4 is 28.5 Å². The van der Waals surface area contributed by atoms with Crippen LogP contribution in [0.25, 0.3) is 10.9 Å².